The fourth-order valence-electron chi connectivity index (χ4n) is 1.81. The molecule has 1 aliphatic carbocycles. The van der Waals surface area contributed by atoms with Gasteiger partial charge in [-0.3, -0.25) is 29.8 Å². The summed E-state index contributed by atoms with van der Waals surface area (Å²) in [4.78, 5) is 47.0. The molecular weight excluding hydrogens is 306 g/mol. The molecular formula is C14H9N3O6. The first-order valence-electron chi connectivity index (χ1n) is 6.25. The molecule has 9 nitrogen and oxygen atoms in total. The largest absolute Gasteiger partial charge is 0.290 e. The van der Waals surface area contributed by atoms with Crippen molar-refractivity contribution in [1.82, 2.24) is 0 Å². The Kier molecular flexibility index (Phi) is 4.21. The third-order valence-corrected chi connectivity index (χ3v) is 2.96. The molecule has 116 valence electrons. The van der Waals surface area contributed by atoms with Crippen molar-refractivity contribution in [2.75, 3.05) is 0 Å². The third-order valence-electron chi connectivity index (χ3n) is 2.96. The van der Waals surface area contributed by atoms with Crippen LogP contribution in [0.4, 0.5) is 11.4 Å². The summed E-state index contributed by atoms with van der Waals surface area (Å²) in [6.45, 7) is 1.55. The quantitative estimate of drug-likeness (QED) is 0.477. The topological polar surface area (TPSA) is 133 Å². The number of hydrogen-bond donors (Lipinski definition) is 0. The van der Waals surface area contributed by atoms with Crippen LogP contribution in [-0.4, -0.2) is 27.2 Å². The number of nitro groups is 2. The van der Waals surface area contributed by atoms with Crippen molar-refractivity contribution in [1.29, 1.82) is 0 Å². The Morgan fingerprint density at radius 3 is 2.09 bits per heavy atom. The van der Waals surface area contributed by atoms with Crippen LogP contribution >= 0.6 is 0 Å². The van der Waals surface area contributed by atoms with E-state index in [4.69, 9.17) is 0 Å². The SMILES string of the molecule is CC1=CC(=NC(=O)c2cc([N+](=O)[O-])cc([N+](=O)[O-])c2)C=CC1=O. The van der Waals surface area contributed by atoms with Gasteiger partial charge in [0.2, 0.25) is 0 Å². The highest BCUT2D eigenvalue weighted by Gasteiger charge is 2.20. The minimum absolute atomic E-state index is 0.182. The number of hydrogen-bond acceptors (Lipinski definition) is 6. The fraction of sp³-hybridized carbons (Fsp3) is 0.0714. The van der Waals surface area contributed by atoms with Gasteiger partial charge in [-0.15, -0.1) is 0 Å². The summed E-state index contributed by atoms with van der Waals surface area (Å²) in [5.41, 5.74) is -0.882. The average Bonchev–Trinajstić information content (AvgIpc) is 2.50. The molecule has 0 saturated carbocycles. The highest BCUT2D eigenvalue weighted by molar-refractivity contribution is 6.21. The Bertz CT molecular complexity index is 803. The molecule has 0 heterocycles. The number of ketones is 1. The lowest BCUT2D eigenvalue weighted by molar-refractivity contribution is -0.394. The van der Waals surface area contributed by atoms with E-state index in [-0.39, 0.29) is 17.1 Å². The van der Waals surface area contributed by atoms with Gasteiger partial charge < -0.3 is 0 Å². The number of amides is 1. The van der Waals surface area contributed by atoms with Gasteiger partial charge in [-0.05, 0) is 30.7 Å². The molecule has 9 heteroatoms. The molecule has 0 radical (unpaired) electrons. The van der Waals surface area contributed by atoms with Crippen LogP contribution in [0.2, 0.25) is 0 Å². The third kappa shape index (κ3) is 3.59. The number of carbonyl (C=O) groups excluding carboxylic acids is 2. The zero-order valence-electron chi connectivity index (χ0n) is 11.8. The molecule has 0 fully saturated rings. The second-order valence-corrected chi connectivity index (χ2v) is 4.62. The van der Waals surface area contributed by atoms with E-state index in [2.05, 4.69) is 4.99 Å². The molecule has 0 atom stereocenters. The molecule has 2 rings (SSSR count). The zero-order chi connectivity index (χ0) is 17.1. The fourth-order valence-corrected chi connectivity index (χ4v) is 1.81. The molecule has 1 aliphatic rings. The van der Waals surface area contributed by atoms with Gasteiger partial charge in [0.1, 0.15) is 0 Å². The van der Waals surface area contributed by atoms with Crippen LogP contribution in [0.1, 0.15) is 17.3 Å². The van der Waals surface area contributed by atoms with E-state index in [1.807, 2.05) is 0 Å². The van der Waals surface area contributed by atoms with Crippen LogP contribution in [0.15, 0.2) is 47.0 Å². The van der Waals surface area contributed by atoms with Gasteiger partial charge in [0.25, 0.3) is 17.3 Å². The maximum atomic E-state index is 12.1. The summed E-state index contributed by atoms with van der Waals surface area (Å²) in [6, 6.07) is 2.58. The molecule has 1 aromatic rings. The lowest BCUT2D eigenvalue weighted by Crippen LogP contribution is -2.08. The Morgan fingerprint density at radius 1 is 1.04 bits per heavy atom. The Hall–Kier alpha value is -3.49. The summed E-state index contributed by atoms with van der Waals surface area (Å²) in [6.07, 6.45) is 3.93. The summed E-state index contributed by atoms with van der Waals surface area (Å²) in [5.74, 6) is -1.10. The molecule has 1 aromatic carbocycles. The molecule has 0 spiro atoms. The molecule has 23 heavy (non-hydrogen) atoms. The molecule has 0 N–H and O–H groups in total. The van der Waals surface area contributed by atoms with E-state index < -0.39 is 27.1 Å². The molecule has 0 aliphatic heterocycles. The summed E-state index contributed by atoms with van der Waals surface area (Å²) < 4.78 is 0. The highest BCUT2D eigenvalue weighted by atomic mass is 16.6. The normalized spacial score (nSPS) is 15.4. The van der Waals surface area contributed by atoms with E-state index in [1.165, 1.54) is 18.2 Å². The highest BCUT2D eigenvalue weighted by Crippen LogP contribution is 2.23. The molecule has 0 bridgehead atoms. The van der Waals surface area contributed by atoms with Gasteiger partial charge in [-0.1, -0.05) is 0 Å². The van der Waals surface area contributed by atoms with Crippen LogP contribution in [-0.2, 0) is 4.79 Å². The van der Waals surface area contributed by atoms with E-state index in [0.29, 0.717) is 5.57 Å². The summed E-state index contributed by atoms with van der Waals surface area (Å²) >= 11 is 0. The van der Waals surface area contributed by atoms with Crippen LogP contribution in [0.25, 0.3) is 0 Å². The van der Waals surface area contributed by atoms with Gasteiger partial charge in [-0.2, -0.15) is 0 Å². The molecule has 0 saturated heterocycles. The summed E-state index contributed by atoms with van der Waals surface area (Å²) in [5, 5.41) is 21.6. The minimum Gasteiger partial charge on any atom is -0.290 e. The molecule has 1 amide bonds. The predicted octanol–water partition coefficient (Wildman–Crippen LogP) is 2.17. The van der Waals surface area contributed by atoms with Gasteiger partial charge in [0, 0.05) is 12.1 Å². The van der Waals surface area contributed by atoms with Crippen molar-refractivity contribution >= 4 is 28.8 Å². The van der Waals surface area contributed by atoms with Crippen molar-refractivity contribution < 1.29 is 19.4 Å². The molecule has 0 aromatic heterocycles. The zero-order valence-corrected chi connectivity index (χ0v) is 11.8. The first-order valence-corrected chi connectivity index (χ1v) is 6.25. The molecule has 0 unspecified atom stereocenters. The number of benzene rings is 1. The van der Waals surface area contributed by atoms with Gasteiger partial charge >= 0.3 is 0 Å². The van der Waals surface area contributed by atoms with E-state index in [9.17, 15) is 29.8 Å². The number of nitro benzene ring substituents is 2. The number of allylic oxidation sites excluding steroid dienone is 4. The maximum absolute atomic E-state index is 12.1. The van der Waals surface area contributed by atoms with Crippen LogP contribution < -0.4 is 0 Å². The van der Waals surface area contributed by atoms with Crippen molar-refractivity contribution in [2.24, 2.45) is 4.99 Å². The summed E-state index contributed by atoms with van der Waals surface area (Å²) in [7, 11) is 0. The van der Waals surface area contributed by atoms with Gasteiger partial charge in [0.15, 0.2) is 5.78 Å². The van der Waals surface area contributed by atoms with Crippen molar-refractivity contribution in [3.8, 4) is 0 Å². The van der Waals surface area contributed by atoms with Gasteiger partial charge in [-0.25, -0.2) is 4.99 Å². The first kappa shape index (κ1) is 15.9. The van der Waals surface area contributed by atoms with Crippen LogP contribution in [0, 0.1) is 20.2 Å². The second-order valence-electron chi connectivity index (χ2n) is 4.62. The predicted molar refractivity (Wildman–Crippen MR) is 79.4 cm³/mol. The maximum Gasteiger partial charge on any atom is 0.278 e. The Labute approximate surface area is 128 Å². The van der Waals surface area contributed by atoms with E-state index in [1.54, 1.807) is 6.92 Å². The number of non-ortho nitro benzene ring substituents is 2. The lowest BCUT2D eigenvalue weighted by Gasteiger charge is -2.03. The average molecular weight is 315 g/mol. The number of carbonyl (C=O) groups is 2. The van der Waals surface area contributed by atoms with E-state index >= 15 is 0 Å². The Balaban J connectivity index is 2.43. The van der Waals surface area contributed by atoms with Crippen molar-refractivity contribution in [3.63, 3.8) is 0 Å². The first-order chi connectivity index (χ1) is 10.8. The number of rotatable bonds is 3. The lowest BCUT2D eigenvalue weighted by atomic mass is 10.1. The van der Waals surface area contributed by atoms with E-state index in [0.717, 1.165) is 18.2 Å². The van der Waals surface area contributed by atoms with Crippen molar-refractivity contribution in [2.45, 2.75) is 6.92 Å². The monoisotopic (exact) mass is 315 g/mol. The van der Waals surface area contributed by atoms with Crippen LogP contribution in [0.5, 0.6) is 0 Å². The minimum atomic E-state index is -0.880. The second kappa shape index (κ2) is 6.10. The standard InChI is InChI=1S/C14H9N3O6/c1-8-4-10(2-3-13(8)18)15-14(19)9-5-11(16(20)21)7-12(6-9)17(22)23/h2-7H,1H3. The number of aliphatic imine (C=N–C) groups is 1. The smallest absolute Gasteiger partial charge is 0.278 e. The Morgan fingerprint density at radius 2 is 1.61 bits per heavy atom. The van der Waals surface area contributed by atoms with Gasteiger partial charge in [0.05, 0.1) is 27.2 Å². The van der Waals surface area contributed by atoms with Crippen LogP contribution in [0.3, 0.4) is 0 Å². The van der Waals surface area contributed by atoms with Crippen molar-refractivity contribution in [3.05, 3.63) is 67.8 Å². The number of nitrogens with zero attached hydrogens (tertiary/aromatic N) is 3.